The molecular formula is C17H25N3O5. The van der Waals surface area contributed by atoms with Crippen molar-refractivity contribution < 1.29 is 24.5 Å². The normalized spacial score (nSPS) is 23.6. The lowest BCUT2D eigenvalue weighted by atomic mass is 10.00. The molecule has 138 valence electrons. The predicted octanol–water partition coefficient (Wildman–Crippen LogP) is -0.524. The van der Waals surface area contributed by atoms with Gasteiger partial charge in [-0.3, -0.25) is 19.5 Å². The van der Waals surface area contributed by atoms with Crippen molar-refractivity contribution in [2.24, 2.45) is 5.92 Å². The number of ether oxygens (including phenoxy) is 1. The molecule has 2 N–H and O–H groups in total. The predicted molar refractivity (Wildman–Crippen MR) is 90.0 cm³/mol. The van der Waals surface area contributed by atoms with Crippen molar-refractivity contribution >= 4 is 12.4 Å². The molecule has 0 bridgehead atoms. The number of pyridine rings is 1. The highest BCUT2D eigenvalue weighted by molar-refractivity contribution is 5.78. The first-order valence-electron chi connectivity index (χ1n) is 8.37. The highest BCUT2D eigenvalue weighted by Gasteiger charge is 2.33. The van der Waals surface area contributed by atoms with Gasteiger partial charge in [0.2, 0.25) is 5.91 Å². The van der Waals surface area contributed by atoms with Crippen LogP contribution in [-0.2, 0) is 20.7 Å². The molecule has 1 aromatic rings. The molecule has 0 aromatic carbocycles. The number of nitrogens with zero attached hydrogens (tertiary/aromatic N) is 3. The summed E-state index contributed by atoms with van der Waals surface area (Å²) in [6.45, 7) is 4.03. The Balaban J connectivity index is 0.000000701. The molecule has 2 saturated heterocycles. The van der Waals surface area contributed by atoms with Gasteiger partial charge in [0.15, 0.2) is 0 Å². The average molecular weight is 351 g/mol. The van der Waals surface area contributed by atoms with Crippen LogP contribution in [0.2, 0.25) is 0 Å². The number of morpholine rings is 1. The molecular weight excluding hydrogens is 326 g/mol. The Bertz CT molecular complexity index is 536. The van der Waals surface area contributed by atoms with Gasteiger partial charge in [-0.05, 0) is 18.6 Å². The van der Waals surface area contributed by atoms with Crippen LogP contribution in [0.4, 0.5) is 0 Å². The zero-order chi connectivity index (χ0) is 18.1. The summed E-state index contributed by atoms with van der Waals surface area (Å²) in [7, 11) is 0. The highest BCUT2D eigenvalue weighted by atomic mass is 16.5. The second-order valence-corrected chi connectivity index (χ2v) is 6.15. The number of carboxylic acid groups (broad SMARTS) is 1. The Labute approximate surface area is 147 Å². The van der Waals surface area contributed by atoms with Crippen LogP contribution < -0.4 is 0 Å². The topological polar surface area (TPSA) is 103 Å². The molecule has 2 aliphatic heterocycles. The van der Waals surface area contributed by atoms with Crippen molar-refractivity contribution in [2.45, 2.75) is 12.5 Å². The fourth-order valence-electron chi connectivity index (χ4n) is 3.16. The van der Waals surface area contributed by atoms with Crippen LogP contribution >= 0.6 is 0 Å². The Kier molecular flexibility index (Phi) is 7.77. The smallest absolute Gasteiger partial charge is 0.290 e. The van der Waals surface area contributed by atoms with Gasteiger partial charge in [0, 0.05) is 44.0 Å². The summed E-state index contributed by atoms with van der Waals surface area (Å²) in [6, 6.07) is 5.83. The highest BCUT2D eigenvalue weighted by Crippen LogP contribution is 2.20. The van der Waals surface area contributed by atoms with E-state index in [0.717, 1.165) is 18.7 Å². The third kappa shape index (κ3) is 6.08. The van der Waals surface area contributed by atoms with Gasteiger partial charge in [-0.25, -0.2) is 0 Å². The summed E-state index contributed by atoms with van der Waals surface area (Å²) in [4.78, 5) is 28.8. The van der Waals surface area contributed by atoms with Crippen molar-refractivity contribution in [3.8, 4) is 0 Å². The van der Waals surface area contributed by atoms with Crippen LogP contribution in [0.5, 0.6) is 0 Å². The van der Waals surface area contributed by atoms with E-state index in [1.54, 1.807) is 6.20 Å². The van der Waals surface area contributed by atoms with Crippen molar-refractivity contribution in [3.05, 3.63) is 30.1 Å². The molecule has 2 aliphatic rings. The van der Waals surface area contributed by atoms with Crippen LogP contribution in [-0.4, -0.2) is 89.4 Å². The van der Waals surface area contributed by atoms with Gasteiger partial charge in [-0.2, -0.15) is 0 Å². The summed E-state index contributed by atoms with van der Waals surface area (Å²) in [6.07, 6.45) is 2.14. The number of carbonyl (C=O) groups is 2. The lowest BCUT2D eigenvalue weighted by molar-refractivity contribution is -0.136. The molecule has 0 saturated carbocycles. The minimum Gasteiger partial charge on any atom is -0.483 e. The van der Waals surface area contributed by atoms with Gasteiger partial charge in [-0.1, -0.05) is 6.07 Å². The molecule has 8 nitrogen and oxygen atoms in total. The number of aliphatic hydroxyl groups is 1. The molecule has 0 aliphatic carbocycles. The number of β-amino-alcohol motifs (C(OH)–C–C–N with tert-alkyl or cyclic N) is 1. The van der Waals surface area contributed by atoms with Gasteiger partial charge >= 0.3 is 0 Å². The molecule has 0 radical (unpaired) electrons. The standard InChI is InChI=1S/C16H23N3O3.CH2O2/c20-15-11-18(12-16(21)19-5-7-22-8-6-19)10-13(15)9-14-3-1-2-4-17-14;2-1-3/h1-4,13,15,20H,5-12H2;1H,(H,2,3)/t13-,15-;/m1./s1. The molecule has 0 unspecified atom stereocenters. The fraction of sp³-hybridized carbons (Fsp3) is 0.588. The van der Waals surface area contributed by atoms with E-state index in [1.807, 2.05) is 23.1 Å². The lowest BCUT2D eigenvalue weighted by Gasteiger charge is -2.28. The number of rotatable bonds is 4. The SMILES string of the molecule is O=C(CN1C[C@@H](Cc2ccccn2)[C@H](O)C1)N1CCOCC1.O=CO. The van der Waals surface area contributed by atoms with E-state index in [0.29, 0.717) is 39.4 Å². The lowest BCUT2D eigenvalue weighted by Crippen LogP contribution is -2.45. The molecule has 0 spiro atoms. The summed E-state index contributed by atoms with van der Waals surface area (Å²) in [5, 5.41) is 17.1. The van der Waals surface area contributed by atoms with Crippen molar-refractivity contribution in [3.63, 3.8) is 0 Å². The zero-order valence-corrected chi connectivity index (χ0v) is 14.2. The maximum atomic E-state index is 12.3. The Hall–Kier alpha value is -2.03. The van der Waals surface area contributed by atoms with Gasteiger partial charge in [-0.15, -0.1) is 0 Å². The molecule has 3 rings (SSSR count). The maximum Gasteiger partial charge on any atom is 0.290 e. The Morgan fingerprint density at radius 1 is 1.32 bits per heavy atom. The van der Waals surface area contributed by atoms with Crippen molar-refractivity contribution in [1.29, 1.82) is 0 Å². The molecule has 1 aromatic heterocycles. The summed E-state index contributed by atoms with van der Waals surface area (Å²) >= 11 is 0. The number of aliphatic hydroxyl groups excluding tert-OH is 1. The number of hydrogen-bond donors (Lipinski definition) is 2. The molecule has 8 heteroatoms. The number of aromatic nitrogens is 1. The molecule has 25 heavy (non-hydrogen) atoms. The van der Waals surface area contributed by atoms with E-state index in [-0.39, 0.29) is 24.4 Å². The van der Waals surface area contributed by atoms with E-state index in [1.165, 1.54) is 0 Å². The average Bonchev–Trinajstić information content (AvgIpc) is 2.96. The number of carbonyl (C=O) groups excluding carboxylic acids is 1. The number of hydrogen-bond acceptors (Lipinski definition) is 6. The molecule has 3 heterocycles. The van der Waals surface area contributed by atoms with Crippen LogP contribution in [0.3, 0.4) is 0 Å². The molecule has 2 atom stereocenters. The second-order valence-electron chi connectivity index (χ2n) is 6.15. The Morgan fingerprint density at radius 3 is 2.68 bits per heavy atom. The van der Waals surface area contributed by atoms with Crippen LogP contribution in [0, 0.1) is 5.92 Å². The van der Waals surface area contributed by atoms with Gasteiger partial charge in [0.1, 0.15) is 0 Å². The number of likely N-dealkylation sites (tertiary alicyclic amines) is 1. The van der Waals surface area contributed by atoms with E-state index < -0.39 is 0 Å². The minimum atomic E-state index is -0.389. The largest absolute Gasteiger partial charge is 0.483 e. The molecule has 2 fully saturated rings. The second kappa shape index (κ2) is 10.1. The van der Waals surface area contributed by atoms with Crippen molar-refractivity contribution in [1.82, 2.24) is 14.8 Å². The summed E-state index contributed by atoms with van der Waals surface area (Å²) < 4.78 is 5.27. The van der Waals surface area contributed by atoms with E-state index in [2.05, 4.69) is 9.88 Å². The van der Waals surface area contributed by atoms with Crippen LogP contribution in [0.25, 0.3) is 0 Å². The minimum absolute atomic E-state index is 0.133. The fourth-order valence-corrected chi connectivity index (χ4v) is 3.16. The third-order valence-corrected chi connectivity index (χ3v) is 4.40. The third-order valence-electron chi connectivity index (χ3n) is 4.40. The first kappa shape index (κ1) is 19.3. The van der Waals surface area contributed by atoms with Crippen LogP contribution in [0.15, 0.2) is 24.4 Å². The zero-order valence-electron chi connectivity index (χ0n) is 14.2. The quantitative estimate of drug-likeness (QED) is 0.703. The van der Waals surface area contributed by atoms with E-state index >= 15 is 0 Å². The molecule has 1 amide bonds. The summed E-state index contributed by atoms with van der Waals surface area (Å²) in [5.74, 6) is 0.279. The van der Waals surface area contributed by atoms with Gasteiger partial charge < -0.3 is 19.8 Å². The van der Waals surface area contributed by atoms with Crippen molar-refractivity contribution in [2.75, 3.05) is 45.9 Å². The Morgan fingerprint density at radius 2 is 2.04 bits per heavy atom. The summed E-state index contributed by atoms with van der Waals surface area (Å²) in [5.41, 5.74) is 0.993. The maximum absolute atomic E-state index is 12.3. The monoisotopic (exact) mass is 351 g/mol. The first-order valence-corrected chi connectivity index (χ1v) is 8.37. The van der Waals surface area contributed by atoms with E-state index in [9.17, 15) is 9.90 Å². The number of amides is 1. The van der Waals surface area contributed by atoms with E-state index in [4.69, 9.17) is 14.6 Å². The van der Waals surface area contributed by atoms with Crippen LogP contribution in [0.1, 0.15) is 5.69 Å². The van der Waals surface area contributed by atoms with Gasteiger partial charge in [0.25, 0.3) is 6.47 Å². The first-order chi connectivity index (χ1) is 12.1. The van der Waals surface area contributed by atoms with Gasteiger partial charge in [0.05, 0.1) is 25.9 Å².